The molecule has 1 aliphatic heterocycles. The lowest BCUT2D eigenvalue weighted by molar-refractivity contribution is 0.101. The molecule has 1 N–H and O–H groups in total. The summed E-state index contributed by atoms with van der Waals surface area (Å²) in [6.45, 7) is -0.281. The van der Waals surface area contributed by atoms with Gasteiger partial charge in [-0.3, -0.25) is 4.79 Å². The Morgan fingerprint density at radius 1 is 1.10 bits per heavy atom. The Morgan fingerprint density at radius 2 is 1.81 bits per heavy atom. The van der Waals surface area contributed by atoms with E-state index < -0.39 is 55.1 Å². The van der Waals surface area contributed by atoms with E-state index in [-0.39, 0.29) is 18.8 Å². The van der Waals surface area contributed by atoms with E-state index in [9.17, 15) is 22.0 Å². The number of rotatable bonds is 4. The summed E-state index contributed by atoms with van der Waals surface area (Å²) in [5.74, 6) is -6.55. The van der Waals surface area contributed by atoms with Gasteiger partial charge in [-0.25, -0.2) is 21.6 Å². The highest BCUT2D eigenvalue weighted by Gasteiger charge is 2.40. The van der Waals surface area contributed by atoms with Crippen molar-refractivity contribution in [3.8, 4) is 0 Å². The van der Waals surface area contributed by atoms with Crippen LogP contribution in [-0.4, -0.2) is 26.6 Å². The van der Waals surface area contributed by atoms with Gasteiger partial charge < -0.3 is 14.6 Å². The van der Waals surface area contributed by atoms with Gasteiger partial charge in [0.25, 0.3) is 5.91 Å². The smallest absolute Gasteiger partial charge is 0.261 e. The number of nitrogens with zero attached hydrogens (tertiary/aromatic N) is 1. The van der Waals surface area contributed by atoms with Crippen LogP contribution < -0.4 is 10.2 Å². The fourth-order valence-electron chi connectivity index (χ4n) is 3.31. The number of fused-ring (bicyclic) bond motifs is 1. The Bertz CT molecular complexity index is 1260. The first-order valence-electron chi connectivity index (χ1n) is 8.96. The zero-order valence-electron chi connectivity index (χ0n) is 15.7. The molecular weight excluding hydrogens is 501 g/mol. The number of furan rings is 1. The highest BCUT2D eigenvalue weighted by molar-refractivity contribution is 9.10. The molecule has 31 heavy (non-hydrogen) atoms. The Morgan fingerprint density at radius 3 is 2.45 bits per heavy atom. The second-order valence-corrected chi connectivity index (χ2v) is 9.74. The molecule has 1 aromatic heterocycles. The SMILES string of the molecule is O=C(Nc1ccc(Br)cc1)c1c(F)c(F)c2c(c1F)N(Cc1ccco1)CCS2(=O)=O. The van der Waals surface area contributed by atoms with Gasteiger partial charge in [0.05, 0.1) is 24.2 Å². The lowest BCUT2D eigenvalue weighted by Gasteiger charge is -2.31. The molecule has 3 aromatic rings. The summed E-state index contributed by atoms with van der Waals surface area (Å²) in [5, 5.41) is 2.29. The quantitative estimate of drug-likeness (QED) is 0.518. The van der Waals surface area contributed by atoms with E-state index in [0.717, 1.165) is 0 Å². The average molecular weight is 515 g/mol. The van der Waals surface area contributed by atoms with Crippen LogP contribution >= 0.6 is 15.9 Å². The molecule has 0 saturated heterocycles. The number of nitrogens with one attached hydrogen (secondary N) is 1. The maximum Gasteiger partial charge on any atom is 0.261 e. The minimum Gasteiger partial charge on any atom is -0.467 e. The fourth-order valence-corrected chi connectivity index (χ4v) is 5.12. The first-order valence-corrected chi connectivity index (χ1v) is 11.4. The number of carbonyl (C=O) groups excluding carboxylic acids is 1. The molecule has 0 aliphatic carbocycles. The highest BCUT2D eigenvalue weighted by Crippen LogP contribution is 2.39. The zero-order valence-corrected chi connectivity index (χ0v) is 18.1. The summed E-state index contributed by atoms with van der Waals surface area (Å²) in [4.78, 5) is 12.7. The molecule has 6 nitrogen and oxygen atoms in total. The topological polar surface area (TPSA) is 79.6 Å². The minimum absolute atomic E-state index is 0.0920. The van der Waals surface area contributed by atoms with Crippen molar-refractivity contribution in [3.05, 3.63) is 75.9 Å². The molecule has 162 valence electrons. The van der Waals surface area contributed by atoms with E-state index in [1.54, 1.807) is 24.3 Å². The van der Waals surface area contributed by atoms with E-state index in [1.165, 1.54) is 23.3 Å². The van der Waals surface area contributed by atoms with E-state index in [0.29, 0.717) is 10.2 Å². The number of anilines is 2. The van der Waals surface area contributed by atoms with Crippen LogP contribution in [0.5, 0.6) is 0 Å². The Balaban J connectivity index is 1.83. The van der Waals surface area contributed by atoms with E-state index in [1.807, 2.05) is 0 Å². The third kappa shape index (κ3) is 3.94. The van der Waals surface area contributed by atoms with Gasteiger partial charge in [-0.2, -0.15) is 0 Å². The Kier molecular flexibility index (Phi) is 5.56. The van der Waals surface area contributed by atoms with Crippen LogP contribution in [0.1, 0.15) is 16.1 Å². The fraction of sp³-hybridized carbons (Fsp3) is 0.150. The molecule has 0 atom stereocenters. The molecule has 2 aromatic carbocycles. The Labute approximate surface area is 183 Å². The number of hydrogen-bond acceptors (Lipinski definition) is 5. The van der Waals surface area contributed by atoms with Gasteiger partial charge in [0, 0.05) is 16.7 Å². The van der Waals surface area contributed by atoms with E-state index >= 15 is 4.39 Å². The molecule has 1 amide bonds. The lowest BCUT2D eigenvalue weighted by Crippen LogP contribution is -2.37. The molecule has 0 unspecified atom stereocenters. The van der Waals surface area contributed by atoms with Gasteiger partial charge in [0.2, 0.25) is 0 Å². The summed E-state index contributed by atoms with van der Waals surface area (Å²) in [7, 11) is -4.30. The minimum atomic E-state index is -4.30. The standard InChI is InChI=1S/C20H14BrF3N2O4S/c21-11-3-5-12(6-4-11)25-20(27)14-15(22)17(24)19-18(16(14)23)26(7-9-31(19,28)29)10-13-2-1-8-30-13/h1-6,8H,7,9-10H2,(H,25,27). The first-order chi connectivity index (χ1) is 14.7. The number of hydrogen-bond donors (Lipinski definition) is 1. The molecule has 0 saturated carbocycles. The largest absolute Gasteiger partial charge is 0.467 e. The number of carbonyl (C=O) groups is 1. The van der Waals surface area contributed by atoms with Gasteiger partial charge in [0.1, 0.15) is 16.2 Å². The second kappa shape index (κ2) is 8.04. The van der Waals surface area contributed by atoms with Crippen LogP contribution in [0.15, 0.2) is 56.4 Å². The first kappa shape index (κ1) is 21.4. The monoisotopic (exact) mass is 514 g/mol. The van der Waals surface area contributed by atoms with Crippen molar-refractivity contribution in [2.24, 2.45) is 0 Å². The summed E-state index contributed by atoms with van der Waals surface area (Å²) in [5.41, 5.74) is -1.69. The molecule has 0 fully saturated rings. The third-order valence-corrected chi connectivity index (χ3v) is 7.01. The van der Waals surface area contributed by atoms with Crippen molar-refractivity contribution in [2.75, 3.05) is 22.5 Å². The molecule has 0 bridgehead atoms. The molecular formula is C20H14BrF3N2O4S. The van der Waals surface area contributed by atoms with Crippen LogP contribution in [0.2, 0.25) is 0 Å². The van der Waals surface area contributed by atoms with Crippen LogP contribution in [-0.2, 0) is 16.4 Å². The molecule has 2 heterocycles. The average Bonchev–Trinajstić information content (AvgIpc) is 3.22. The van der Waals surface area contributed by atoms with Crippen molar-refractivity contribution >= 4 is 43.0 Å². The summed E-state index contributed by atoms with van der Waals surface area (Å²) >= 11 is 3.22. The molecule has 0 spiro atoms. The Hall–Kier alpha value is -2.79. The normalized spacial score (nSPS) is 14.9. The van der Waals surface area contributed by atoms with Crippen molar-refractivity contribution in [2.45, 2.75) is 11.4 Å². The number of amides is 1. The van der Waals surface area contributed by atoms with E-state index in [4.69, 9.17) is 4.42 Å². The molecule has 1 aliphatic rings. The maximum atomic E-state index is 15.4. The number of sulfone groups is 1. The highest BCUT2D eigenvalue weighted by atomic mass is 79.9. The van der Waals surface area contributed by atoms with Gasteiger partial charge in [-0.15, -0.1) is 0 Å². The van der Waals surface area contributed by atoms with Crippen molar-refractivity contribution in [1.82, 2.24) is 0 Å². The lowest BCUT2D eigenvalue weighted by atomic mass is 10.1. The van der Waals surface area contributed by atoms with Gasteiger partial charge in [-0.05, 0) is 36.4 Å². The van der Waals surface area contributed by atoms with Crippen molar-refractivity contribution in [3.63, 3.8) is 0 Å². The van der Waals surface area contributed by atoms with Crippen molar-refractivity contribution in [1.29, 1.82) is 0 Å². The van der Waals surface area contributed by atoms with Crippen LogP contribution in [0.3, 0.4) is 0 Å². The second-order valence-electron chi connectivity index (χ2n) is 6.78. The predicted octanol–water partition coefficient (Wildman–Crippen LogP) is 4.51. The third-order valence-electron chi connectivity index (χ3n) is 4.77. The summed E-state index contributed by atoms with van der Waals surface area (Å²) < 4.78 is 75.8. The van der Waals surface area contributed by atoms with Crippen molar-refractivity contribution < 1.29 is 30.8 Å². The van der Waals surface area contributed by atoms with Crippen LogP contribution in [0.25, 0.3) is 0 Å². The number of benzene rings is 2. The van der Waals surface area contributed by atoms with Crippen LogP contribution in [0, 0.1) is 17.5 Å². The van der Waals surface area contributed by atoms with E-state index in [2.05, 4.69) is 21.2 Å². The summed E-state index contributed by atoms with van der Waals surface area (Å²) in [6.07, 6.45) is 1.37. The summed E-state index contributed by atoms with van der Waals surface area (Å²) in [6, 6.07) is 9.28. The molecule has 4 rings (SSSR count). The van der Waals surface area contributed by atoms with Gasteiger partial charge >= 0.3 is 0 Å². The van der Waals surface area contributed by atoms with Crippen LogP contribution in [0.4, 0.5) is 24.5 Å². The number of halogens is 4. The molecule has 11 heteroatoms. The van der Waals surface area contributed by atoms with Gasteiger partial charge in [0.15, 0.2) is 27.3 Å². The maximum absolute atomic E-state index is 15.4. The zero-order chi connectivity index (χ0) is 22.3. The van der Waals surface area contributed by atoms with Gasteiger partial charge in [-0.1, -0.05) is 15.9 Å². The predicted molar refractivity (Wildman–Crippen MR) is 110 cm³/mol. The molecule has 0 radical (unpaired) electrons.